The summed E-state index contributed by atoms with van der Waals surface area (Å²) < 4.78 is 2.15. The highest BCUT2D eigenvalue weighted by molar-refractivity contribution is 7.17. The van der Waals surface area contributed by atoms with E-state index in [0.717, 1.165) is 40.7 Å². The molecule has 5 rings (SSSR count). The largest absolute Gasteiger partial charge is 0.390 e. The minimum atomic E-state index is -0.204. The van der Waals surface area contributed by atoms with Gasteiger partial charge in [-0.3, -0.25) is 19.9 Å². The number of fused-ring (bicyclic) bond motifs is 1. The summed E-state index contributed by atoms with van der Waals surface area (Å²) in [5.41, 5.74) is 3.35. The quantitative estimate of drug-likeness (QED) is 0.309. The van der Waals surface area contributed by atoms with E-state index in [2.05, 4.69) is 21.4 Å². The van der Waals surface area contributed by atoms with E-state index >= 15 is 0 Å². The molecule has 0 bridgehead atoms. The van der Waals surface area contributed by atoms with Gasteiger partial charge in [-0.15, -0.1) is 11.3 Å². The molecule has 0 aliphatic heterocycles. The van der Waals surface area contributed by atoms with Crippen LogP contribution in [0.25, 0.3) is 21.5 Å². The molecule has 0 unspecified atom stereocenters. The number of para-hydroxylation sites is 2. The standard InChI is InChI=1S/C28H29N5O3S/c1-3-26(35)32(2)13-11-18-14-21(15-18)33-23-7-5-4-6-22(23)30-28(33)31-27(36)25-9-8-24(37-25)19-10-12-29-20(16-19)17-34/h3-10,12,16,18,21,34H,1,11,13-15,17H2,2H3,(H,30,31,36)/t18-,21+. The van der Waals surface area contributed by atoms with E-state index in [1.165, 1.54) is 17.4 Å². The molecule has 1 aromatic carbocycles. The summed E-state index contributed by atoms with van der Waals surface area (Å²) in [6.07, 6.45) is 5.88. The Morgan fingerprint density at radius 3 is 2.84 bits per heavy atom. The molecule has 4 aromatic rings. The lowest BCUT2D eigenvalue weighted by Gasteiger charge is -2.38. The number of likely N-dealkylation sites (N-methyl/N-ethyl adjacent to an activating group) is 1. The summed E-state index contributed by atoms with van der Waals surface area (Å²) in [5.74, 6) is 0.800. The number of anilines is 1. The number of benzene rings is 1. The van der Waals surface area contributed by atoms with Crippen LogP contribution in [0.4, 0.5) is 5.95 Å². The number of pyridine rings is 1. The number of carbonyl (C=O) groups is 2. The minimum Gasteiger partial charge on any atom is -0.390 e. The normalized spacial score (nSPS) is 16.8. The van der Waals surface area contributed by atoms with Gasteiger partial charge in [0.25, 0.3) is 5.91 Å². The first-order valence-electron chi connectivity index (χ1n) is 12.3. The molecule has 1 aliphatic rings. The average Bonchev–Trinajstić information content (AvgIpc) is 3.53. The molecular weight excluding hydrogens is 486 g/mol. The van der Waals surface area contributed by atoms with Crippen molar-refractivity contribution in [2.45, 2.75) is 31.9 Å². The second kappa shape index (κ2) is 10.7. The Morgan fingerprint density at radius 2 is 2.05 bits per heavy atom. The average molecular weight is 516 g/mol. The molecule has 9 heteroatoms. The van der Waals surface area contributed by atoms with E-state index in [1.54, 1.807) is 18.1 Å². The monoisotopic (exact) mass is 515 g/mol. The van der Waals surface area contributed by atoms with Crippen LogP contribution < -0.4 is 5.32 Å². The Kier molecular flexibility index (Phi) is 7.16. The maximum atomic E-state index is 13.2. The van der Waals surface area contributed by atoms with Crippen molar-refractivity contribution in [3.8, 4) is 10.4 Å². The highest BCUT2D eigenvalue weighted by Gasteiger charge is 2.33. The molecule has 37 heavy (non-hydrogen) atoms. The van der Waals surface area contributed by atoms with Crippen LogP contribution in [0.5, 0.6) is 0 Å². The summed E-state index contributed by atoms with van der Waals surface area (Å²) in [4.78, 5) is 37.0. The molecule has 0 atom stereocenters. The van der Waals surface area contributed by atoms with Crippen LogP contribution in [0.3, 0.4) is 0 Å². The Morgan fingerprint density at radius 1 is 1.24 bits per heavy atom. The number of aliphatic hydroxyl groups is 1. The first kappa shape index (κ1) is 24.9. The topological polar surface area (TPSA) is 100 Å². The lowest BCUT2D eigenvalue weighted by atomic mass is 9.78. The predicted octanol–water partition coefficient (Wildman–Crippen LogP) is 4.89. The van der Waals surface area contributed by atoms with Gasteiger partial charge in [-0.05, 0) is 73.2 Å². The van der Waals surface area contributed by atoms with Gasteiger partial charge < -0.3 is 14.6 Å². The van der Waals surface area contributed by atoms with E-state index in [1.807, 2.05) is 48.5 Å². The Labute approximate surface area is 219 Å². The molecule has 1 saturated carbocycles. The smallest absolute Gasteiger partial charge is 0.268 e. The highest BCUT2D eigenvalue weighted by atomic mass is 32.1. The number of imidazole rings is 1. The Balaban J connectivity index is 1.31. The zero-order valence-electron chi connectivity index (χ0n) is 20.6. The number of hydrogen-bond acceptors (Lipinski definition) is 6. The zero-order chi connectivity index (χ0) is 25.9. The summed E-state index contributed by atoms with van der Waals surface area (Å²) >= 11 is 1.39. The Bertz CT molecular complexity index is 1450. The number of hydrogen-bond donors (Lipinski definition) is 2. The van der Waals surface area contributed by atoms with Crippen molar-refractivity contribution in [3.63, 3.8) is 0 Å². The van der Waals surface area contributed by atoms with E-state index in [9.17, 15) is 14.7 Å². The number of nitrogens with one attached hydrogen (secondary N) is 1. The molecule has 3 heterocycles. The van der Waals surface area contributed by atoms with E-state index < -0.39 is 0 Å². The molecule has 2 amide bonds. The van der Waals surface area contributed by atoms with Crippen molar-refractivity contribution in [1.29, 1.82) is 0 Å². The third kappa shape index (κ3) is 5.19. The molecule has 2 N–H and O–H groups in total. The predicted molar refractivity (Wildman–Crippen MR) is 145 cm³/mol. The molecule has 0 spiro atoms. The third-order valence-electron chi connectivity index (χ3n) is 6.91. The van der Waals surface area contributed by atoms with Gasteiger partial charge in [0, 0.05) is 30.7 Å². The van der Waals surface area contributed by atoms with Crippen molar-refractivity contribution in [3.05, 3.63) is 78.0 Å². The number of carbonyl (C=O) groups excluding carboxylic acids is 2. The van der Waals surface area contributed by atoms with E-state index in [-0.39, 0.29) is 24.5 Å². The number of nitrogens with zero attached hydrogens (tertiary/aromatic N) is 4. The molecule has 190 valence electrons. The van der Waals surface area contributed by atoms with Gasteiger partial charge in [0.2, 0.25) is 11.9 Å². The fraction of sp³-hybridized carbons (Fsp3) is 0.286. The summed E-state index contributed by atoms with van der Waals surface area (Å²) in [5, 5.41) is 12.4. The summed E-state index contributed by atoms with van der Waals surface area (Å²) in [7, 11) is 1.80. The van der Waals surface area contributed by atoms with Crippen molar-refractivity contribution in [2.24, 2.45) is 5.92 Å². The fourth-order valence-corrected chi connectivity index (χ4v) is 5.69. The Hall–Kier alpha value is -3.82. The third-order valence-corrected chi connectivity index (χ3v) is 8.05. The van der Waals surface area contributed by atoms with Crippen LogP contribution in [-0.2, 0) is 11.4 Å². The van der Waals surface area contributed by atoms with Gasteiger partial charge >= 0.3 is 0 Å². The molecule has 8 nitrogen and oxygen atoms in total. The van der Waals surface area contributed by atoms with Gasteiger partial charge in [-0.2, -0.15) is 0 Å². The molecule has 3 aromatic heterocycles. The van der Waals surface area contributed by atoms with E-state index in [4.69, 9.17) is 4.98 Å². The first-order valence-corrected chi connectivity index (χ1v) is 13.1. The maximum Gasteiger partial charge on any atom is 0.268 e. The van der Waals surface area contributed by atoms with Crippen LogP contribution in [0, 0.1) is 5.92 Å². The highest BCUT2D eigenvalue weighted by Crippen LogP contribution is 2.43. The van der Waals surface area contributed by atoms with Crippen LogP contribution in [-0.4, -0.2) is 49.9 Å². The molecule has 0 saturated heterocycles. The number of rotatable bonds is 9. The second-order valence-corrected chi connectivity index (χ2v) is 10.4. The van der Waals surface area contributed by atoms with Crippen LogP contribution in [0.2, 0.25) is 0 Å². The first-order chi connectivity index (χ1) is 18.0. The van der Waals surface area contributed by atoms with Crippen LogP contribution in [0.15, 0.2) is 67.4 Å². The lowest BCUT2D eigenvalue weighted by Crippen LogP contribution is -2.33. The maximum absolute atomic E-state index is 13.2. The molecule has 1 fully saturated rings. The fourth-order valence-electron chi connectivity index (χ4n) is 4.79. The van der Waals surface area contributed by atoms with Crippen molar-refractivity contribution in [2.75, 3.05) is 18.9 Å². The van der Waals surface area contributed by atoms with Gasteiger partial charge in [0.1, 0.15) is 0 Å². The van der Waals surface area contributed by atoms with Gasteiger partial charge in [0.05, 0.1) is 28.2 Å². The second-order valence-electron chi connectivity index (χ2n) is 9.35. The number of thiophene rings is 1. The van der Waals surface area contributed by atoms with Gasteiger partial charge in [-0.25, -0.2) is 4.98 Å². The van der Waals surface area contributed by atoms with Crippen LogP contribution in [0.1, 0.15) is 40.7 Å². The summed E-state index contributed by atoms with van der Waals surface area (Å²) in [6.45, 7) is 4.12. The van der Waals surface area contributed by atoms with Crippen molar-refractivity contribution >= 4 is 40.1 Å². The van der Waals surface area contributed by atoms with Crippen LogP contribution >= 0.6 is 11.3 Å². The number of aliphatic hydroxyl groups excluding tert-OH is 1. The minimum absolute atomic E-state index is 0.0593. The molecular formula is C28H29N5O3S. The number of aromatic nitrogens is 3. The molecule has 0 radical (unpaired) electrons. The van der Waals surface area contributed by atoms with Crippen molar-refractivity contribution in [1.82, 2.24) is 19.4 Å². The zero-order valence-corrected chi connectivity index (χ0v) is 21.4. The van der Waals surface area contributed by atoms with Crippen molar-refractivity contribution < 1.29 is 14.7 Å². The number of amides is 2. The summed E-state index contributed by atoms with van der Waals surface area (Å²) in [6, 6.07) is 15.6. The SMILES string of the molecule is C=CC(=O)N(C)CC[C@H]1C[C@@H](n2c(NC(=O)c3ccc(-c4ccnc(CO)c4)s3)nc3ccccc32)C1. The lowest BCUT2D eigenvalue weighted by molar-refractivity contribution is -0.125. The molecule has 1 aliphatic carbocycles. The van der Waals surface area contributed by atoms with Gasteiger partial charge in [-0.1, -0.05) is 18.7 Å². The van der Waals surface area contributed by atoms with Gasteiger partial charge in [0.15, 0.2) is 0 Å². The van der Waals surface area contributed by atoms with E-state index in [0.29, 0.717) is 29.0 Å².